The van der Waals surface area contributed by atoms with Crippen molar-refractivity contribution in [1.29, 1.82) is 0 Å². The van der Waals surface area contributed by atoms with Crippen LogP contribution >= 0.6 is 0 Å². The van der Waals surface area contributed by atoms with Crippen LogP contribution in [0.2, 0.25) is 0 Å². The van der Waals surface area contributed by atoms with E-state index < -0.39 is 11.5 Å². The largest absolute Gasteiger partial charge is 0.352 e. The van der Waals surface area contributed by atoms with Gasteiger partial charge < -0.3 is 14.8 Å². The highest BCUT2D eigenvalue weighted by molar-refractivity contribution is 5.93. The molecule has 0 unspecified atom stereocenters. The number of carbonyl (C=O) groups excluding carboxylic acids is 2. The molecular weight excluding hydrogens is 378 g/mol. The standard InChI is InChI=1S/C24H31N3O3/c1-18-8-6-9-19(16-18)13-14-25-23(29)21-12-7-15-27(24(21)30)17-22(28)26(2)20-10-4-3-5-11-20/h6-9,12,15-16,20H,3-5,10-11,13-14,17H2,1-2H3,(H,25,29). The van der Waals surface area contributed by atoms with E-state index in [1.807, 2.05) is 32.2 Å². The molecule has 0 atom stereocenters. The Kier molecular flexibility index (Phi) is 7.44. The molecule has 160 valence electrons. The van der Waals surface area contributed by atoms with E-state index in [0.29, 0.717) is 13.0 Å². The monoisotopic (exact) mass is 409 g/mol. The number of aromatic nitrogens is 1. The van der Waals surface area contributed by atoms with Crippen molar-refractivity contribution >= 4 is 11.8 Å². The second-order valence-corrected chi connectivity index (χ2v) is 8.15. The van der Waals surface area contributed by atoms with Gasteiger partial charge in [0.2, 0.25) is 5.91 Å². The van der Waals surface area contributed by atoms with Gasteiger partial charge >= 0.3 is 0 Å². The Labute approximate surface area is 177 Å². The molecule has 1 aromatic heterocycles. The number of nitrogens with one attached hydrogen (secondary N) is 1. The molecule has 1 aliphatic rings. The van der Waals surface area contributed by atoms with Gasteiger partial charge in [0.05, 0.1) is 0 Å². The molecule has 2 aromatic rings. The van der Waals surface area contributed by atoms with Gasteiger partial charge in [0, 0.05) is 25.8 Å². The van der Waals surface area contributed by atoms with Gasteiger partial charge in [-0.15, -0.1) is 0 Å². The second kappa shape index (κ2) is 10.2. The summed E-state index contributed by atoms with van der Waals surface area (Å²) in [4.78, 5) is 39.7. The zero-order valence-corrected chi connectivity index (χ0v) is 17.9. The molecular formula is C24H31N3O3. The van der Waals surface area contributed by atoms with Crippen LogP contribution in [0.4, 0.5) is 0 Å². The van der Waals surface area contributed by atoms with Crippen LogP contribution in [0, 0.1) is 6.92 Å². The van der Waals surface area contributed by atoms with Crippen molar-refractivity contribution in [1.82, 2.24) is 14.8 Å². The highest BCUT2D eigenvalue weighted by atomic mass is 16.2. The maximum Gasteiger partial charge on any atom is 0.263 e. The molecule has 2 amide bonds. The number of likely N-dealkylation sites (N-methyl/N-ethyl adjacent to an activating group) is 1. The van der Waals surface area contributed by atoms with Crippen LogP contribution < -0.4 is 10.9 Å². The van der Waals surface area contributed by atoms with E-state index in [1.165, 1.54) is 22.6 Å². The van der Waals surface area contributed by atoms with E-state index in [-0.39, 0.29) is 24.1 Å². The predicted octanol–water partition coefficient (Wildman–Crippen LogP) is 2.92. The van der Waals surface area contributed by atoms with Gasteiger partial charge in [0.1, 0.15) is 12.1 Å². The van der Waals surface area contributed by atoms with Crippen LogP contribution in [0.1, 0.15) is 53.6 Å². The molecule has 0 saturated heterocycles. The molecule has 1 aliphatic carbocycles. The topological polar surface area (TPSA) is 71.4 Å². The van der Waals surface area contributed by atoms with Crippen LogP contribution in [0.15, 0.2) is 47.4 Å². The van der Waals surface area contributed by atoms with Crippen LogP contribution in [0.5, 0.6) is 0 Å². The molecule has 0 aliphatic heterocycles. The van der Waals surface area contributed by atoms with Crippen molar-refractivity contribution in [3.63, 3.8) is 0 Å². The van der Waals surface area contributed by atoms with Crippen molar-refractivity contribution in [3.8, 4) is 0 Å². The fourth-order valence-electron chi connectivity index (χ4n) is 4.05. The van der Waals surface area contributed by atoms with E-state index in [4.69, 9.17) is 0 Å². The number of carbonyl (C=O) groups is 2. The Bertz CT molecular complexity index is 945. The van der Waals surface area contributed by atoms with E-state index >= 15 is 0 Å². The zero-order chi connectivity index (χ0) is 21.5. The maximum atomic E-state index is 12.8. The number of benzene rings is 1. The molecule has 3 rings (SSSR count). The summed E-state index contributed by atoms with van der Waals surface area (Å²) in [5, 5.41) is 2.82. The summed E-state index contributed by atoms with van der Waals surface area (Å²) in [7, 11) is 1.81. The smallest absolute Gasteiger partial charge is 0.263 e. The summed E-state index contributed by atoms with van der Waals surface area (Å²) >= 11 is 0. The SMILES string of the molecule is Cc1cccc(CCNC(=O)c2cccn(CC(=O)N(C)C3CCCCC3)c2=O)c1. The Morgan fingerprint density at radius 3 is 2.63 bits per heavy atom. The Morgan fingerprint density at radius 1 is 1.13 bits per heavy atom. The highest BCUT2D eigenvalue weighted by Gasteiger charge is 2.23. The number of aryl methyl sites for hydroxylation is 1. The lowest BCUT2D eigenvalue weighted by Crippen LogP contribution is -2.42. The summed E-state index contributed by atoms with van der Waals surface area (Å²) in [6, 6.07) is 11.5. The quantitative estimate of drug-likeness (QED) is 0.764. The van der Waals surface area contributed by atoms with Crippen LogP contribution in [0.3, 0.4) is 0 Å². The molecule has 0 bridgehead atoms. The van der Waals surface area contributed by atoms with Gasteiger partial charge in [0.15, 0.2) is 0 Å². The summed E-state index contributed by atoms with van der Waals surface area (Å²) in [5.74, 6) is -0.504. The lowest BCUT2D eigenvalue weighted by molar-refractivity contribution is -0.133. The van der Waals surface area contributed by atoms with Gasteiger partial charge in [-0.3, -0.25) is 14.4 Å². The lowest BCUT2D eigenvalue weighted by Gasteiger charge is -2.31. The summed E-state index contributed by atoms with van der Waals surface area (Å²) < 4.78 is 1.33. The van der Waals surface area contributed by atoms with E-state index in [9.17, 15) is 14.4 Å². The zero-order valence-electron chi connectivity index (χ0n) is 17.9. The molecule has 1 N–H and O–H groups in total. The van der Waals surface area contributed by atoms with E-state index in [2.05, 4.69) is 11.4 Å². The van der Waals surface area contributed by atoms with Crippen LogP contribution in [-0.4, -0.2) is 40.9 Å². The summed E-state index contributed by atoms with van der Waals surface area (Å²) in [6.45, 7) is 2.43. The first-order chi connectivity index (χ1) is 14.5. The second-order valence-electron chi connectivity index (χ2n) is 8.15. The first-order valence-corrected chi connectivity index (χ1v) is 10.7. The number of pyridine rings is 1. The van der Waals surface area contributed by atoms with E-state index in [1.54, 1.807) is 17.2 Å². The van der Waals surface area contributed by atoms with Crippen molar-refractivity contribution in [2.75, 3.05) is 13.6 Å². The summed E-state index contributed by atoms with van der Waals surface area (Å²) in [5.41, 5.74) is 1.94. The molecule has 1 fully saturated rings. The third-order valence-corrected chi connectivity index (χ3v) is 5.87. The van der Waals surface area contributed by atoms with Gasteiger partial charge in [-0.2, -0.15) is 0 Å². The van der Waals surface area contributed by atoms with Gasteiger partial charge in [-0.1, -0.05) is 49.1 Å². The number of hydrogen-bond acceptors (Lipinski definition) is 3. The third-order valence-electron chi connectivity index (χ3n) is 5.87. The van der Waals surface area contributed by atoms with Gasteiger partial charge in [-0.05, 0) is 43.9 Å². The number of hydrogen-bond donors (Lipinski definition) is 1. The van der Waals surface area contributed by atoms with Crippen molar-refractivity contribution in [2.45, 2.75) is 58.0 Å². The van der Waals surface area contributed by atoms with Crippen molar-refractivity contribution < 1.29 is 9.59 Å². The van der Waals surface area contributed by atoms with Crippen LogP contribution in [-0.2, 0) is 17.8 Å². The first kappa shape index (κ1) is 21.8. The molecule has 6 nitrogen and oxygen atoms in total. The number of nitrogens with zero attached hydrogens (tertiary/aromatic N) is 2. The van der Waals surface area contributed by atoms with Crippen molar-refractivity contribution in [2.24, 2.45) is 0 Å². The van der Waals surface area contributed by atoms with Crippen LogP contribution in [0.25, 0.3) is 0 Å². The lowest BCUT2D eigenvalue weighted by atomic mass is 9.94. The first-order valence-electron chi connectivity index (χ1n) is 10.7. The molecule has 1 heterocycles. The minimum absolute atomic E-state index is 0.0454. The molecule has 30 heavy (non-hydrogen) atoms. The normalized spacial score (nSPS) is 14.3. The third kappa shape index (κ3) is 5.59. The summed E-state index contributed by atoms with van der Waals surface area (Å²) in [6.07, 6.45) is 7.79. The molecule has 0 radical (unpaired) electrons. The Hall–Kier alpha value is -2.89. The minimum Gasteiger partial charge on any atom is -0.352 e. The Balaban J connectivity index is 1.60. The van der Waals surface area contributed by atoms with Gasteiger partial charge in [0.25, 0.3) is 11.5 Å². The van der Waals surface area contributed by atoms with E-state index in [0.717, 1.165) is 31.2 Å². The number of rotatable bonds is 7. The maximum absolute atomic E-state index is 12.8. The molecule has 1 saturated carbocycles. The van der Waals surface area contributed by atoms with Crippen molar-refractivity contribution in [3.05, 3.63) is 69.6 Å². The minimum atomic E-state index is -0.434. The highest BCUT2D eigenvalue weighted by Crippen LogP contribution is 2.21. The fourth-order valence-corrected chi connectivity index (χ4v) is 4.05. The average Bonchev–Trinajstić information content (AvgIpc) is 2.75. The molecule has 1 aromatic carbocycles. The fraction of sp³-hybridized carbons (Fsp3) is 0.458. The number of amides is 2. The van der Waals surface area contributed by atoms with Gasteiger partial charge in [-0.25, -0.2) is 0 Å². The molecule has 6 heteroatoms. The average molecular weight is 410 g/mol. The Morgan fingerprint density at radius 2 is 1.90 bits per heavy atom. The predicted molar refractivity (Wildman–Crippen MR) is 118 cm³/mol. The molecule has 0 spiro atoms.